The van der Waals surface area contributed by atoms with Gasteiger partial charge in [0.25, 0.3) is 6.43 Å². The van der Waals surface area contributed by atoms with E-state index in [2.05, 4.69) is 11.4 Å². The zero-order valence-electron chi connectivity index (χ0n) is 19.7. The minimum absolute atomic E-state index is 0.0131. The Bertz CT molecular complexity index is 1280. The van der Waals surface area contributed by atoms with Gasteiger partial charge >= 0.3 is 0 Å². The molecule has 3 nitrogen and oxygen atoms in total. The van der Waals surface area contributed by atoms with E-state index in [4.69, 9.17) is 0 Å². The first-order chi connectivity index (χ1) is 16.4. The maximum Gasteiger partial charge on any atom is 0.278 e. The number of para-hydroxylation sites is 1. The van der Waals surface area contributed by atoms with E-state index in [0.29, 0.717) is 18.7 Å². The van der Waals surface area contributed by atoms with Gasteiger partial charge in [-0.2, -0.15) is 0 Å². The minimum Gasteiger partial charge on any atom is -0.356 e. The predicted molar refractivity (Wildman–Crippen MR) is 133 cm³/mol. The van der Waals surface area contributed by atoms with Crippen molar-refractivity contribution < 1.29 is 13.6 Å². The van der Waals surface area contributed by atoms with Crippen molar-refractivity contribution in [2.45, 2.75) is 46.1 Å². The van der Waals surface area contributed by atoms with Crippen molar-refractivity contribution in [1.29, 1.82) is 0 Å². The number of halogens is 2. The van der Waals surface area contributed by atoms with Crippen molar-refractivity contribution in [3.8, 4) is 0 Å². The SMILES string of the molecule is Cc1ccc(C)c(Cn2c(C(F)F)c(CCC(=O)NCCc3ccccc3)c3ccccc32)c1. The molecule has 0 unspecified atom stereocenters. The van der Waals surface area contributed by atoms with Crippen LogP contribution in [0.1, 0.15) is 46.4 Å². The summed E-state index contributed by atoms with van der Waals surface area (Å²) in [7, 11) is 0. The van der Waals surface area contributed by atoms with E-state index in [0.717, 1.165) is 39.6 Å². The Balaban J connectivity index is 1.55. The Morgan fingerprint density at radius 1 is 0.941 bits per heavy atom. The molecule has 0 fully saturated rings. The summed E-state index contributed by atoms with van der Waals surface area (Å²) in [6.45, 7) is 4.91. The highest BCUT2D eigenvalue weighted by atomic mass is 19.3. The number of nitrogens with one attached hydrogen (secondary N) is 1. The summed E-state index contributed by atoms with van der Waals surface area (Å²) in [6.07, 6.45) is -1.44. The number of rotatable bonds is 9. The number of alkyl halides is 2. The van der Waals surface area contributed by atoms with Crippen LogP contribution in [0, 0.1) is 13.8 Å². The average molecular weight is 461 g/mol. The monoisotopic (exact) mass is 460 g/mol. The molecule has 1 amide bonds. The molecule has 1 heterocycles. The smallest absolute Gasteiger partial charge is 0.278 e. The third-order valence-corrected chi connectivity index (χ3v) is 6.34. The molecule has 0 atom stereocenters. The van der Waals surface area contributed by atoms with Crippen LogP contribution in [0.4, 0.5) is 8.78 Å². The molecule has 0 aliphatic rings. The topological polar surface area (TPSA) is 34.0 Å². The highest BCUT2D eigenvalue weighted by Gasteiger charge is 2.24. The van der Waals surface area contributed by atoms with Gasteiger partial charge in [-0.1, -0.05) is 72.3 Å². The number of aromatic nitrogens is 1. The van der Waals surface area contributed by atoms with E-state index in [1.54, 1.807) is 4.57 Å². The third-order valence-electron chi connectivity index (χ3n) is 6.34. The summed E-state index contributed by atoms with van der Waals surface area (Å²) in [4.78, 5) is 12.5. The lowest BCUT2D eigenvalue weighted by molar-refractivity contribution is -0.121. The Labute approximate surface area is 199 Å². The first-order valence-corrected chi connectivity index (χ1v) is 11.7. The molecule has 1 N–H and O–H groups in total. The standard InChI is InChI=1S/C29H30F2N2O/c1-20-12-13-21(2)23(18-20)19-33-26-11-7-6-10-24(26)25(28(33)29(30)31)14-15-27(34)32-17-16-22-8-4-3-5-9-22/h3-13,18,29H,14-17,19H2,1-2H3,(H,32,34). The molecule has 0 radical (unpaired) electrons. The van der Waals surface area contributed by atoms with Gasteiger partial charge in [0.15, 0.2) is 0 Å². The molecule has 0 aliphatic heterocycles. The van der Waals surface area contributed by atoms with Crippen LogP contribution in [0.5, 0.6) is 0 Å². The fourth-order valence-corrected chi connectivity index (χ4v) is 4.54. The van der Waals surface area contributed by atoms with E-state index < -0.39 is 6.43 Å². The fourth-order valence-electron chi connectivity index (χ4n) is 4.54. The van der Waals surface area contributed by atoms with Gasteiger partial charge in [-0.15, -0.1) is 0 Å². The molecule has 4 aromatic rings. The molecule has 0 saturated carbocycles. The van der Waals surface area contributed by atoms with Crippen LogP contribution in [0.25, 0.3) is 10.9 Å². The van der Waals surface area contributed by atoms with E-state index in [9.17, 15) is 13.6 Å². The first kappa shape index (κ1) is 23.7. The molecule has 4 rings (SSSR count). The average Bonchev–Trinajstić information content (AvgIpc) is 3.14. The van der Waals surface area contributed by atoms with Crippen LogP contribution in [0.15, 0.2) is 72.8 Å². The van der Waals surface area contributed by atoms with Crippen LogP contribution in [-0.4, -0.2) is 17.0 Å². The van der Waals surface area contributed by atoms with Crippen LogP contribution in [0.3, 0.4) is 0 Å². The zero-order valence-corrected chi connectivity index (χ0v) is 19.7. The number of carbonyl (C=O) groups is 1. The van der Waals surface area contributed by atoms with E-state index in [-0.39, 0.29) is 24.4 Å². The van der Waals surface area contributed by atoms with Crippen molar-refractivity contribution in [3.63, 3.8) is 0 Å². The van der Waals surface area contributed by atoms with Gasteiger partial charge in [-0.3, -0.25) is 4.79 Å². The third kappa shape index (κ3) is 5.36. The highest BCUT2D eigenvalue weighted by Crippen LogP contribution is 2.35. The van der Waals surface area contributed by atoms with Crippen molar-refractivity contribution >= 4 is 16.8 Å². The maximum atomic E-state index is 14.4. The van der Waals surface area contributed by atoms with Gasteiger partial charge in [-0.25, -0.2) is 8.78 Å². The molecular formula is C29H30F2N2O. The second-order valence-electron chi connectivity index (χ2n) is 8.78. The van der Waals surface area contributed by atoms with Crippen molar-refractivity contribution in [2.75, 3.05) is 6.54 Å². The Morgan fingerprint density at radius 3 is 2.44 bits per heavy atom. The largest absolute Gasteiger partial charge is 0.356 e. The quantitative estimate of drug-likeness (QED) is 0.303. The summed E-state index contributed by atoms with van der Waals surface area (Å²) in [6, 6.07) is 23.5. The van der Waals surface area contributed by atoms with E-state index in [1.165, 1.54) is 0 Å². The summed E-state index contributed by atoms with van der Waals surface area (Å²) >= 11 is 0. The molecule has 176 valence electrons. The van der Waals surface area contributed by atoms with Gasteiger partial charge in [0.05, 0.1) is 5.69 Å². The lowest BCUT2D eigenvalue weighted by Gasteiger charge is -2.14. The molecule has 0 bridgehead atoms. The van der Waals surface area contributed by atoms with Crippen molar-refractivity contribution in [3.05, 3.63) is 106 Å². The summed E-state index contributed by atoms with van der Waals surface area (Å²) in [5, 5.41) is 3.72. The summed E-state index contributed by atoms with van der Waals surface area (Å²) < 4.78 is 30.5. The van der Waals surface area contributed by atoms with Gasteiger partial charge in [0.2, 0.25) is 5.91 Å². The van der Waals surface area contributed by atoms with E-state index in [1.807, 2.05) is 80.6 Å². The molecule has 34 heavy (non-hydrogen) atoms. The van der Waals surface area contributed by atoms with Gasteiger partial charge in [0, 0.05) is 30.4 Å². The zero-order chi connectivity index (χ0) is 24.1. The normalized spacial score (nSPS) is 11.3. The highest BCUT2D eigenvalue weighted by molar-refractivity contribution is 5.87. The minimum atomic E-state index is -2.63. The number of nitrogens with zero attached hydrogens (tertiary/aromatic N) is 1. The number of carbonyl (C=O) groups excluding carboxylic acids is 1. The Hall–Kier alpha value is -3.47. The summed E-state index contributed by atoms with van der Waals surface area (Å²) in [5.41, 5.74) is 5.70. The van der Waals surface area contributed by atoms with Crippen molar-refractivity contribution in [1.82, 2.24) is 9.88 Å². The Morgan fingerprint density at radius 2 is 1.68 bits per heavy atom. The Kier molecular flexibility index (Phi) is 7.41. The molecule has 0 aliphatic carbocycles. The van der Waals surface area contributed by atoms with Crippen LogP contribution in [-0.2, 0) is 24.2 Å². The number of hydrogen-bond acceptors (Lipinski definition) is 1. The van der Waals surface area contributed by atoms with Crippen LogP contribution >= 0.6 is 0 Å². The number of benzene rings is 3. The molecule has 0 spiro atoms. The lowest BCUT2D eigenvalue weighted by atomic mass is 10.0. The second kappa shape index (κ2) is 10.6. The van der Waals surface area contributed by atoms with Gasteiger partial charge in [0.1, 0.15) is 0 Å². The molecular weight excluding hydrogens is 430 g/mol. The van der Waals surface area contributed by atoms with Gasteiger partial charge < -0.3 is 9.88 Å². The lowest BCUT2D eigenvalue weighted by Crippen LogP contribution is -2.26. The first-order valence-electron chi connectivity index (χ1n) is 11.7. The number of aryl methyl sites for hydroxylation is 3. The van der Waals surface area contributed by atoms with E-state index >= 15 is 0 Å². The van der Waals surface area contributed by atoms with Crippen molar-refractivity contribution in [2.24, 2.45) is 0 Å². The van der Waals surface area contributed by atoms with Gasteiger partial charge in [-0.05, 0) is 55.0 Å². The molecule has 0 saturated heterocycles. The summed E-state index contributed by atoms with van der Waals surface area (Å²) in [5.74, 6) is -0.123. The molecule has 5 heteroatoms. The second-order valence-corrected chi connectivity index (χ2v) is 8.78. The number of amides is 1. The maximum absolute atomic E-state index is 14.4. The van der Waals surface area contributed by atoms with Crippen LogP contribution in [0.2, 0.25) is 0 Å². The van der Waals surface area contributed by atoms with Crippen LogP contribution < -0.4 is 5.32 Å². The number of hydrogen-bond donors (Lipinski definition) is 1. The molecule has 3 aromatic carbocycles. The molecule has 1 aromatic heterocycles. The predicted octanol–water partition coefficient (Wildman–Crippen LogP) is 6.54. The fraction of sp³-hybridized carbons (Fsp3) is 0.276. The number of fused-ring (bicyclic) bond motifs is 1.